The number of nitrogens with zero attached hydrogens (tertiary/aromatic N) is 1. The van der Waals surface area contributed by atoms with E-state index in [0.29, 0.717) is 5.39 Å². The van der Waals surface area contributed by atoms with Crippen LogP contribution in [0.5, 0.6) is 5.75 Å². The quantitative estimate of drug-likeness (QED) is 0.748. The summed E-state index contributed by atoms with van der Waals surface area (Å²) in [7, 11) is 3.53. The number of para-hydroxylation sites is 1. The molecule has 3 nitrogen and oxygen atoms in total. The molecule has 0 aliphatic rings. The van der Waals surface area contributed by atoms with Gasteiger partial charge in [0.05, 0.1) is 22.9 Å². The predicted octanol–water partition coefficient (Wildman–Crippen LogP) is 2.27. The van der Waals surface area contributed by atoms with Gasteiger partial charge in [0.15, 0.2) is 0 Å². The van der Waals surface area contributed by atoms with Crippen LogP contribution in [0.4, 0.5) is 0 Å². The molecule has 0 saturated carbocycles. The zero-order chi connectivity index (χ0) is 11.7. The molecule has 1 aromatic heterocycles. The van der Waals surface area contributed by atoms with Gasteiger partial charge in [-0.3, -0.25) is 4.79 Å². The van der Waals surface area contributed by atoms with Gasteiger partial charge in [-0.25, -0.2) is 0 Å². The van der Waals surface area contributed by atoms with Crippen LogP contribution in [0.3, 0.4) is 0 Å². The first-order valence-corrected chi connectivity index (χ1v) is 6.12. The molecule has 16 heavy (non-hydrogen) atoms. The van der Waals surface area contributed by atoms with Crippen LogP contribution in [-0.2, 0) is 7.05 Å². The maximum Gasteiger partial charge on any atom is 0.203 e. The van der Waals surface area contributed by atoms with E-state index in [1.54, 1.807) is 7.11 Å². The Morgan fingerprint density at radius 1 is 1.38 bits per heavy atom. The van der Waals surface area contributed by atoms with Gasteiger partial charge >= 0.3 is 0 Å². The number of aryl methyl sites for hydroxylation is 1. The Morgan fingerprint density at radius 2 is 2.12 bits per heavy atom. The molecule has 0 saturated heterocycles. The summed E-state index contributed by atoms with van der Waals surface area (Å²) in [6.45, 7) is 0. The number of hydrogen-bond acceptors (Lipinski definition) is 3. The summed E-state index contributed by atoms with van der Waals surface area (Å²) in [5.41, 5.74) is 0.910. The smallest absolute Gasteiger partial charge is 0.203 e. The van der Waals surface area contributed by atoms with Crippen molar-refractivity contribution in [1.82, 2.24) is 4.57 Å². The Morgan fingerprint density at radius 3 is 2.75 bits per heavy atom. The second kappa shape index (κ2) is 4.22. The highest BCUT2D eigenvalue weighted by molar-refractivity contribution is 7.98. The molecule has 84 valence electrons. The van der Waals surface area contributed by atoms with Gasteiger partial charge in [-0.1, -0.05) is 6.07 Å². The molecule has 1 aromatic carbocycles. The molecule has 4 heteroatoms. The summed E-state index contributed by atoms with van der Waals surface area (Å²) < 4.78 is 7.20. The number of rotatable bonds is 2. The zero-order valence-corrected chi connectivity index (χ0v) is 10.3. The number of hydrogen-bond donors (Lipinski definition) is 0. The van der Waals surface area contributed by atoms with E-state index in [9.17, 15) is 4.79 Å². The fraction of sp³-hybridized carbons (Fsp3) is 0.250. The van der Waals surface area contributed by atoms with E-state index in [2.05, 4.69) is 0 Å². The van der Waals surface area contributed by atoms with Crippen molar-refractivity contribution < 1.29 is 4.74 Å². The van der Waals surface area contributed by atoms with Crippen molar-refractivity contribution in [2.75, 3.05) is 13.4 Å². The Balaban J connectivity index is 2.95. The molecule has 0 amide bonds. The molecule has 0 bridgehead atoms. The molecule has 0 unspecified atom stereocenters. The van der Waals surface area contributed by atoms with E-state index in [0.717, 1.165) is 16.2 Å². The van der Waals surface area contributed by atoms with Gasteiger partial charge in [-0.2, -0.15) is 0 Å². The van der Waals surface area contributed by atoms with Crippen LogP contribution in [0.1, 0.15) is 0 Å². The highest BCUT2D eigenvalue weighted by Gasteiger charge is 2.09. The third kappa shape index (κ3) is 1.59. The number of ether oxygens (including phenoxy) is 1. The highest BCUT2D eigenvalue weighted by Crippen LogP contribution is 2.24. The van der Waals surface area contributed by atoms with E-state index in [1.165, 1.54) is 11.8 Å². The summed E-state index contributed by atoms with van der Waals surface area (Å²) in [6, 6.07) is 5.53. The summed E-state index contributed by atoms with van der Waals surface area (Å²) in [4.78, 5) is 12.8. The second-order valence-corrected chi connectivity index (χ2v) is 4.34. The Labute approximate surface area is 98.0 Å². The Bertz CT molecular complexity index is 589. The van der Waals surface area contributed by atoms with Crippen molar-refractivity contribution in [2.45, 2.75) is 4.90 Å². The minimum atomic E-state index is 0.0690. The van der Waals surface area contributed by atoms with Crippen LogP contribution in [0.25, 0.3) is 10.9 Å². The molecule has 0 fully saturated rings. The number of thioether (sulfide) groups is 1. The van der Waals surface area contributed by atoms with Crippen LogP contribution >= 0.6 is 11.8 Å². The molecule has 0 N–H and O–H groups in total. The van der Waals surface area contributed by atoms with Gasteiger partial charge in [-0.15, -0.1) is 11.8 Å². The molecule has 0 aliphatic heterocycles. The lowest BCUT2D eigenvalue weighted by Crippen LogP contribution is -2.10. The van der Waals surface area contributed by atoms with Crippen LogP contribution < -0.4 is 10.2 Å². The fourth-order valence-electron chi connectivity index (χ4n) is 1.81. The van der Waals surface area contributed by atoms with Crippen molar-refractivity contribution in [1.29, 1.82) is 0 Å². The third-order valence-electron chi connectivity index (χ3n) is 2.57. The van der Waals surface area contributed by atoms with Gasteiger partial charge in [0.2, 0.25) is 5.43 Å². The van der Waals surface area contributed by atoms with Gasteiger partial charge in [0.1, 0.15) is 5.75 Å². The third-order valence-corrected chi connectivity index (χ3v) is 3.30. The SMILES string of the molecule is COc1cccc2c(=O)c(SC)cn(C)c12. The molecular formula is C12H13NO2S. The summed E-state index contributed by atoms with van der Waals surface area (Å²) in [5.74, 6) is 0.727. The number of fused-ring (bicyclic) bond motifs is 1. The molecule has 2 aromatic rings. The lowest BCUT2D eigenvalue weighted by molar-refractivity contribution is 0.417. The Hall–Kier alpha value is -1.42. The molecular weight excluding hydrogens is 222 g/mol. The molecule has 0 radical (unpaired) electrons. The maximum absolute atomic E-state index is 12.1. The summed E-state index contributed by atoms with van der Waals surface area (Å²) in [5, 5.41) is 0.703. The highest BCUT2D eigenvalue weighted by atomic mass is 32.2. The zero-order valence-electron chi connectivity index (χ0n) is 9.48. The predicted molar refractivity (Wildman–Crippen MR) is 67.5 cm³/mol. The first-order valence-electron chi connectivity index (χ1n) is 4.89. The van der Waals surface area contributed by atoms with Crippen LogP contribution in [0.2, 0.25) is 0 Å². The van der Waals surface area contributed by atoms with Gasteiger partial charge in [0, 0.05) is 13.2 Å². The van der Waals surface area contributed by atoms with Gasteiger partial charge in [-0.05, 0) is 18.4 Å². The normalized spacial score (nSPS) is 10.7. The first-order chi connectivity index (χ1) is 7.69. The van der Waals surface area contributed by atoms with Crippen molar-refractivity contribution >= 4 is 22.7 Å². The van der Waals surface area contributed by atoms with E-state index < -0.39 is 0 Å². The summed E-state index contributed by atoms with van der Waals surface area (Å²) >= 11 is 1.46. The number of benzene rings is 1. The van der Waals surface area contributed by atoms with E-state index in [-0.39, 0.29) is 5.43 Å². The van der Waals surface area contributed by atoms with Gasteiger partial charge in [0.25, 0.3) is 0 Å². The Kier molecular flexibility index (Phi) is 2.92. The standard InChI is InChI=1S/C12H13NO2S/c1-13-7-10(16-3)12(14)8-5-4-6-9(15-2)11(8)13/h4-7H,1-3H3. The van der Waals surface area contributed by atoms with Crippen LogP contribution in [-0.4, -0.2) is 17.9 Å². The van der Waals surface area contributed by atoms with Crippen molar-refractivity contribution in [3.63, 3.8) is 0 Å². The lowest BCUT2D eigenvalue weighted by atomic mass is 10.2. The van der Waals surface area contributed by atoms with Gasteiger partial charge < -0.3 is 9.30 Å². The van der Waals surface area contributed by atoms with Crippen LogP contribution in [0.15, 0.2) is 34.1 Å². The lowest BCUT2D eigenvalue weighted by Gasteiger charge is -2.11. The average Bonchev–Trinajstić information content (AvgIpc) is 2.32. The fourth-order valence-corrected chi connectivity index (χ4v) is 2.37. The number of pyridine rings is 1. The minimum Gasteiger partial charge on any atom is -0.495 e. The van der Waals surface area contributed by atoms with E-state index >= 15 is 0 Å². The second-order valence-electron chi connectivity index (χ2n) is 3.49. The largest absolute Gasteiger partial charge is 0.495 e. The topological polar surface area (TPSA) is 31.2 Å². The molecule has 1 heterocycles. The van der Waals surface area contributed by atoms with E-state index in [4.69, 9.17) is 4.74 Å². The van der Waals surface area contributed by atoms with Crippen molar-refractivity contribution in [3.05, 3.63) is 34.6 Å². The molecule has 0 spiro atoms. The number of aromatic nitrogens is 1. The molecule has 0 aliphatic carbocycles. The van der Waals surface area contributed by atoms with Crippen molar-refractivity contribution in [2.24, 2.45) is 7.05 Å². The van der Waals surface area contributed by atoms with Crippen molar-refractivity contribution in [3.8, 4) is 5.75 Å². The summed E-state index contributed by atoms with van der Waals surface area (Å²) in [6.07, 6.45) is 3.75. The maximum atomic E-state index is 12.1. The number of methoxy groups -OCH3 is 1. The molecule has 2 rings (SSSR count). The van der Waals surface area contributed by atoms with E-state index in [1.807, 2.05) is 42.3 Å². The van der Waals surface area contributed by atoms with Crippen LogP contribution in [0, 0.1) is 0 Å². The minimum absolute atomic E-state index is 0.0690. The first kappa shape index (κ1) is 11.1. The average molecular weight is 235 g/mol. The molecule has 0 atom stereocenters. The monoisotopic (exact) mass is 235 g/mol.